The van der Waals surface area contributed by atoms with Gasteiger partial charge in [0.2, 0.25) is 0 Å². The van der Waals surface area contributed by atoms with E-state index in [1.165, 1.54) is 4.88 Å². The topological polar surface area (TPSA) is 32.5 Å². The molecule has 1 fully saturated rings. The summed E-state index contributed by atoms with van der Waals surface area (Å²) in [4.78, 5) is 6.24. The first-order valence-electron chi connectivity index (χ1n) is 6.86. The van der Waals surface area contributed by atoms with E-state index in [1.807, 2.05) is 6.07 Å². The summed E-state index contributed by atoms with van der Waals surface area (Å²) in [6, 6.07) is 4.68. The van der Waals surface area contributed by atoms with Gasteiger partial charge in [0.1, 0.15) is 0 Å². The van der Waals surface area contributed by atoms with E-state index in [4.69, 9.17) is 17.3 Å². The van der Waals surface area contributed by atoms with Crippen LogP contribution in [0, 0.1) is 0 Å². The maximum Gasteiger partial charge on any atom is 0.0931 e. The van der Waals surface area contributed by atoms with Crippen molar-refractivity contribution in [2.75, 3.05) is 26.7 Å². The van der Waals surface area contributed by atoms with Gasteiger partial charge >= 0.3 is 0 Å². The molecule has 1 atom stereocenters. The predicted molar refractivity (Wildman–Crippen MR) is 83.9 cm³/mol. The lowest BCUT2D eigenvalue weighted by molar-refractivity contribution is 0.117. The van der Waals surface area contributed by atoms with Gasteiger partial charge in [-0.2, -0.15) is 0 Å². The van der Waals surface area contributed by atoms with Crippen LogP contribution in [0.4, 0.5) is 0 Å². The van der Waals surface area contributed by atoms with E-state index in [0.717, 1.165) is 30.4 Å². The number of nitrogens with zero attached hydrogens (tertiary/aromatic N) is 2. The zero-order valence-corrected chi connectivity index (χ0v) is 13.6. The van der Waals surface area contributed by atoms with Crippen molar-refractivity contribution in [1.29, 1.82) is 0 Å². The van der Waals surface area contributed by atoms with Crippen molar-refractivity contribution >= 4 is 22.9 Å². The molecule has 0 bridgehead atoms. The summed E-state index contributed by atoms with van der Waals surface area (Å²) in [5, 5.41) is 0. The summed E-state index contributed by atoms with van der Waals surface area (Å²) in [5.41, 5.74) is 6.21. The van der Waals surface area contributed by atoms with Crippen LogP contribution < -0.4 is 5.73 Å². The molecule has 1 aliphatic rings. The fourth-order valence-corrected chi connectivity index (χ4v) is 3.94. The minimum absolute atomic E-state index is 0.112. The Morgan fingerprint density at radius 1 is 1.53 bits per heavy atom. The second-order valence-corrected chi connectivity index (χ2v) is 7.60. The number of likely N-dealkylation sites (tertiary alicyclic amines) is 1. The van der Waals surface area contributed by atoms with Gasteiger partial charge in [-0.05, 0) is 39.4 Å². The molecule has 1 aromatic heterocycles. The minimum atomic E-state index is 0.112. The normalized spacial score (nSPS) is 24.8. The van der Waals surface area contributed by atoms with Crippen molar-refractivity contribution in [3.05, 3.63) is 21.3 Å². The van der Waals surface area contributed by atoms with Gasteiger partial charge in [0.05, 0.1) is 4.34 Å². The van der Waals surface area contributed by atoms with E-state index < -0.39 is 0 Å². The first kappa shape index (κ1) is 15.3. The molecule has 0 amide bonds. The van der Waals surface area contributed by atoms with Gasteiger partial charge in [0.25, 0.3) is 0 Å². The summed E-state index contributed by atoms with van der Waals surface area (Å²) in [5.74, 6) is 0. The van der Waals surface area contributed by atoms with Gasteiger partial charge in [0.15, 0.2) is 0 Å². The average molecular weight is 302 g/mol. The highest BCUT2D eigenvalue weighted by Gasteiger charge is 2.40. The maximum absolute atomic E-state index is 6.10. The molecule has 0 radical (unpaired) electrons. The molecule has 1 saturated heterocycles. The fourth-order valence-electron chi connectivity index (χ4n) is 2.80. The molecule has 1 aliphatic heterocycles. The molecule has 1 unspecified atom stereocenters. The first-order chi connectivity index (χ1) is 8.97. The van der Waals surface area contributed by atoms with Gasteiger partial charge in [-0.15, -0.1) is 11.3 Å². The number of thiophene rings is 1. The monoisotopic (exact) mass is 301 g/mol. The zero-order valence-electron chi connectivity index (χ0n) is 12.0. The van der Waals surface area contributed by atoms with Crippen LogP contribution in [0.25, 0.3) is 0 Å². The van der Waals surface area contributed by atoms with Crippen LogP contribution in [0.1, 0.15) is 25.1 Å². The van der Waals surface area contributed by atoms with E-state index in [1.54, 1.807) is 11.3 Å². The van der Waals surface area contributed by atoms with E-state index in [9.17, 15) is 0 Å². The highest BCUT2D eigenvalue weighted by atomic mass is 35.5. The number of hydrogen-bond acceptors (Lipinski definition) is 4. The summed E-state index contributed by atoms with van der Waals surface area (Å²) >= 11 is 7.66. The van der Waals surface area contributed by atoms with Crippen molar-refractivity contribution in [2.24, 2.45) is 5.73 Å². The number of likely N-dealkylation sites (N-methyl/N-ethyl adjacent to an activating group) is 1. The Bertz CT molecular complexity index is 421. The van der Waals surface area contributed by atoms with Crippen LogP contribution in [-0.2, 0) is 6.54 Å². The van der Waals surface area contributed by atoms with Crippen molar-refractivity contribution in [3.63, 3.8) is 0 Å². The molecule has 5 heteroatoms. The third-order valence-corrected chi connectivity index (χ3v) is 5.52. The summed E-state index contributed by atoms with van der Waals surface area (Å²) in [7, 11) is 2.18. The van der Waals surface area contributed by atoms with Gasteiger partial charge in [-0.25, -0.2) is 0 Å². The van der Waals surface area contributed by atoms with Crippen molar-refractivity contribution in [2.45, 2.75) is 38.4 Å². The molecule has 108 valence electrons. The maximum atomic E-state index is 6.10. The van der Waals surface area contributed by atoms with E-state index in [0.29, 0.717) is 12.6 Å². The van der Waals surface area contributed by atoms with Crippen LogP contribution >= 0.6 is 22.9 Å². The molecule has 2 rings (SSSR count). The van der Waals surface area contributed by atoms with Crippen LogP contribution in [0.15, 0.2) is 12.1 Å². The summed E-state index contributed by atoms with van der Waals surface area (Å²) in [6.07, 6.45) is 1.15. The van der Waals surface area contributed by atoms with E-state index in [-0.39, 0.29) is 5.54 Å². The minimum Gasteiger partial charge on any atom is -0.329 e. The number of halogens is 1. The van der Waals surface area contributed by atoms with Crippen LogP contribution in [0.3, 0.4) is 0 Å². The third-order valence-electron chi connectivity index (χ3n) is 4.30. The molecule has 0 aliphatic carbocycles. The number of rotatable bonds is 5. The summed E-state index contributed by atoms with van der Waals surface area (Å²) in [6.45, 7) is 8.37. The Morgan fingerprint density at radius 2 is 2.26 bits per heavy atom. The third kappa shape index (κ3) is 3.31. The van der Waals surface area contributed by atoms with Crippen molar-refractivity contribution in [3.8, 4) is 0 Å². The second-order valence-electron chi connectivity index (χ2n) is 5.80. The molecule has 19 heavy (non-hydrogen) atoms. The highest BCUT2D eigenvalue weighted by molar-refractivity contribution is 7.16. The van der Waals surface area contributed by atoms with E-state index >= 15 is 0 Å². The first-order valence-corrected chi connectivity index (χ1v) is 8.06. The van der Waals surface area contributed by atoms with Crippen molar-refractivity contribution in [1.82, 2.24) is 9.80 Å². The smallest absolute Gasteiger partial charge is 0.0931 e. The van der Waals surface area contributed by atoms with Crippen LogP contribution in [0.5, 0.6) is 0 Å². The Labute approximate surface area is 125 Å². The average Bonchev–Trinajstić information content (AvgIpc) is 2.96. The Kier molecular flexibility index (Phi) is 4.90. The van der Waals surface area contributed by atoms with Gasteiger partial charge < -0.3 is 5.73 Å². The molecule has 0 saturated carbocycles. The summed E-state index contributed by atoms with van der Waals surface area (Å²) < 4.78 is 0.862. The van der Waals surface area contributed by atoms with Crippen LogP contribution in [0.2, 0.25) is 4.34 Å². The molecule has 0 aromatic carbocycles. The zero-order chi connectivity index (χ0) is 14.0. The van der Waals surface area contributed by atoms with Gasteiger partial charge in [-0.1, -0.05) is 11.6 Å². The molecule has 0 spiro atoms. The molecule has 1 aromatic rings. The predicted octanol–water partition coefficient (Wildman–Crippen LogP) is 2.64. The lowest BCUT2D eigenvalue weighted by atomic mass is 9.96. The Hall–Kier alpha value is -0.130. The Morgan fingerprint density at radius 3 is 2.74 bits per heavy atom. The highest BCUT2D eigenvalue weighted by Crippen LogP contribution is 2.30. The number of nitrogens with two attached hydrogens (primary N) is 1. The van der Waals surface area contributed by atoms with Gasteiger partial charge in [0, 0.05) is 42.6 Å². The largest absolute Gasteiger partial charge is 0.329 e. The van der Waals surface area contributed by atoms with Crippen molar-refractivity contribution < 1.29 is 0 Å². The van der Waals surface area contributed by atoms with Crippen LogP contribution in [-0.4, -0.2) is 48.1 Å². The Balaban J connectivity index is 2.05. The number of hydrogen-bond donors (Lipinski definition) is 1. The molecular formula is C14H24ClN3S. The lowest BCUT2D eigenvalue weighted by Crippen LogP contribution is -2.53. The molecule has 3 nitrogen and oxygen atoms in total. The van der Waals surface area contributed by atoms with E-state index in [2.05, 4.69) is 36.8 Å². The molecular weight excluding hydrogens is 278 g/mol. The lowest BCUT2D eigenvalue weighted by Gasteiger charge is -2.38. The molecule has 2 heterocycles. The SMILES string of the molecule is CC(C)N1CCC(CN)(N(C)Cc2ccc(Cl)s2)C1. The second kappa shape index (κ2) is 6.10. The van der Waals surface area contributed by atoms with Gasteiger partial charge in [-0.3, -0.25) is 9.80 Å². The molecule has 2 N–H and O–H groups in total. The fraction of sp³-hybridized carbons (Fsp3) is 0.714. The quantitative estimate of drug-likeness (QED) is 0.907. The standard InChI is InChI=1S/C14H24ClN3S/c1-11(2)18-7-6-14(9-16,10-18)17(3)8-12-4-5-13(15)19-12/h4-5,11H,6-10,16H2,1-3H3.